The first-order chi connectivity index (χ1) is 16.9. The van der Waals surface area contributed by atoms with Crippen LogP contribution in [0.25, 0.3) is 0 Å². The summed E-state index contributed by atoms with van der Waals surface area (Å²) in [5.41, 5.74) is 0.966. The Morgan fingerprint density at radius 3 is 2.80 bits per heavy atom. The third-order valence-corrected chi connectivity index (χ3v) is 7.05. The summed E-state index contributed by atoms with van der Waals surface area (Å²) >= 11 is 0. The average molecular weight is 481 g/mol. The number of nitrogens with zero attached hydrogens (tertiary/aromatic N) is 3. The number of likely N-dealkylation sites (tertiary alicyclic amines) is 1. The number of likely N-dealkylation sites (N-methyl/N-ethyl adjacent to an activating group) is 1. The fourth-order valence-electron chi connectivity index (χ4n) is 5.01. The first-order valence-corrected chi connectivity index (χ1v) is 13.0. The molecule has 1 fully saturated rings. The van der Waals surface area contributed by atoms with Crippen molar-refractivity contribution in [1.29, 1.82) is 0 Å². The quantitative estimate of drug-likeness (QED) is 0.681. The fourth-order valence-corrected chi connectivity index (χ4v) is 5.01. The van der Waals surface area contributed by atoms with Gasteiger partial charge in [-0.1, -0.05) is 39.0 Å². The van der Waals surface area contributed by atoms with Crippen LogP contribution in [0, 0.1) is 5.41 Å². The van der Waals surface area contributed by atoms with E-state index in [4.69, 9.17) is 9.47 Å². The van der Waals surface area contributed by atoms with Gasteiger partial charge in [-0.3, -0.25) is 14.6 Å². The predicted octanol–water partition coefficient (Wildman–Crippen LogP) is 4.48. The summed E-state index contributed by atoms with van der Waals surface area (Å²) in [4.78, 5) is 22.1. The molecule has 7 nitrogen and oxygen atoms in total. The Bertz CT molecular complexity index is 980. The zero-order valence-electron chi connectivity index (χ0n) is 21.5. The molecule has 0 radical (unpaired) electrons. The van der Waals surface area contributed by atoms with Gasteiger partial charge in [0, 0.05) is 30.9 Å². The van der Waals surface area contributed by atoms with Crippen LogP contribution in [0.3, 0.4) is 0 Å². The first kappa shape index (κ1) is 25.5. The number of pyridine rings is 1. The minimum absolute atomic E-state index is 0.00623. The molecule has 1 amide bonds. The lowest BCUT2D eigenvalue weighted by molar-refractivity contribution is -0.122. The van der Waals surface area contributed by atoms with Crippen molar-refractivity contribution < 1.29 is 14.3 Å². The third-order valence-electron chi connectivity index (χ3n) is 7.05. The van der Waals surface area contributed by atoms with Gasteiger partial charge in [0.1, 0.15) is 0 Å². The van der Waals surface area contributed by atoms with E-state index in [0.717, 1.165) is 56.8 Å². The van der Waals surface area contributed by atoms with Crippen LogP contribution in [0.1, 0.15) is 52.0 Å². The normalized spacial score (nSPS) is 21.3. The van der Waals surface area contributed by atoms with Crippen LogP contribution in [-0.2, 0) is 11.3 Å². The Morgan fingerprint density at radius 1 is 1.14 bits per heavy atom. The number of hydrogen-bond acceptors (Lipinski definition) is 6. The summed E-state index contributed by atoms with van der Waals surface area (Å²) < 4.78 is 12.4. The molecule has 1 unspecified atom stereocenters. The van der Waals surface area contributed by atoms with Crippen LogP contribution in [0.15, 0.2) is 42.6 Å². The molecule has 0 spiro atoms. The van der Waals surface area contributed by atoms with E-state index in [1.807, 2.05) is 36.4 Å². The summed E-state index contributed by atoms with van der Waals surface area (Å²) in [6.45, 7) is 11.9. The highest BCUT2D eigenvalue weighted by Crippen LogP contribution is 2.34. The molecule has 35 heavy (non-hydrogen) atoms. The molecule has 190 valence electrons. The molecule has 4 rings (SSSR count). The van der Waals surface area contributed by atoms with E-state index in [2.05, 4.69) is 40.9 Å². The lowest BCUT2D eigenvalue weighted by atomic mass is 9.88. The van der Waals surface area contributed by atoms with Crippen LogP contribution < -0.4 is 14.8 Å². The number of amides is 1. The van der Waals surface area contributed by atoms with Crippen LogP contribution >= 0.6 is 0 Å². The SMILES string of the molecule is CCN1CCCC1CNC(=O)CN1CCCC(C)(C)COc2ccccc2Oc2ncccc2C1. The summed E-state index contributed by atoms with van der Waals surface area (Å²) in [5, 5.41) is 3.20. The molecule has 1 N–H and O–H groups in total. The topological polar surface area (TPSA) is 66.9 Å². The number of rotatable bonds is 5. The second-order valence-electron chi connectivity index (χ2n) is 10.5. The maximum Gasteiger partial charge on any atom is 0.234 e. The van der Waals surface area contributed by atoms with E-state index in [9.17, 15) is 4.79 Å². The molecule has 0 saturated carbocycles. The van der Waals surface area contributed by atoms with Crippen molar-refractivity contribution in [3.05, 3.63) is 48.2 Å². The van der Waals surface area contributed by atoms with Gasteiger partial charge in [-0.25, -0.2) is 4.98 Å². The zero-order valence-corrected chi connectivity index (χ0v) is 21.5. The van der Waals surface area contributed by atoms with Crippen molar-refractivity contribution >= 4 is 5.91 Å². The van der Waals surface area contributed by atoms with Crippen molar-refractivity contribution in [2.75, 3.05) is 39.3 Å². The molecule has 1 aromatic heterocycles. The van der Waals surface area contributed by atoms with E-state index >= 15 is 0 Å². The van der Waals surface area contributed by atoms with E-state index in [-0.39, 0.29) is 11.3 Å². The lowest BCUT2D eigenvalue weighted by Gasteiger charge is -2.27. The van der Waals surface area contributed by atoms with Crippen LogP contribution in [0.4, 0.5) is 0 Å². The van der Waals surface area contributed by atoms with E-state index in [0.29, 0.717) is 37.4 Å². The van der Waals surface area contributed by atoms with Crippen molar-refractivity contribution in [2.24, 2.45) is 5.41 Å². The van der Waals surface area contributed by atoms with Gasteiger partial charge in [-0.15, -0.1) is 0 Å². The second-order valence-corrected chi connectivity index (χ2v) is 10.5. The summed E-state index contributed by atoms with van der Waals surface area (Å²) in [5.74, 6) is 2.01. The number of carbonyl (C=O) groups excluding carboxylic acids is 1. The van der Waals surface area contributed by atoms with Gasteiger partial charge in [0.2, 0.25) is 11.8 Å². The molecule has 3 heterocycles. The zero-order chi connectivity index (χ0) is 24.7. The number of aromatic nitrogens is 1. The summed E-state index contributed by atoms with van der Waals surface area (Å²) in [6, 6.07) is 12.1. The monoisotopic (exact) mass is 480 g/mol. The number of hydrogen-bond donors (Lipinski definition) is 1. The third kappa shape index (κ3) is 7.18. The van der Waals surface area contributed by atoms with Gasteiger partial charge in [0.05, 0.1) is 13.2 Å². The highest BCUT2D eigenvalue weighted by atomic mass is 16.5. The molecule has 1 aromatic carbocycles. The van der Waals surface area contributed by atoms with Gasteiger partial charge < -0.3 is 14.8 Å². The molecule has 0 aliphatic carbocycles. The van der Waals surface area contributed by atoms with Crippen molar-refractivity contribution in [3.8, 4) is 17.4 Å². The standard InChI is InChI=1S/C28H40N4O3/c1-4-32-17-8-11-23(32)18-30-26(33)20-31-16-9-14-28(2,3)21-34-24-12-5-6-13-25(24)35-27-22(19-31)10-7-15-29-27/h5-7,10,12-13,15,23H,4,8-9,11,14,16-21H2,1-3H3,(H,30,33). The highest BCUT2D eigenvalue weighted by Gasteiger charge is 2.25. The molecule has 1 atom stereocenters. The maximum absolute atomic E-state index is 13.0. The van der Waals surface area contributed by atoms with Crippen LogP contribution in [0.2, 0.25) is 0 Å². The van der Waals surface area contributed by atoms with E-state index in [1.165, 1.54) is 6.42 Å². The largest absolute Gasteiger partial charge is 0.489 e. The molecule has 1 saturated heterocycles. The van der Waals surface area contributed by atoms with Gasteiger partial charge in [0.25, 0.3) is 0 Å². The molecular formula is C28H40N4O3. The van der Waals surface area contributed by atoms with E-state index in [1.54, 1.807) is 6.20 Å². The molecule has 7 heteroatoms. The number of fused-ring (bicyclic) bond motifs is 2. The minimum Gasteiger partial charge on any atom is -0.489 e. The van der Waals surface area contributed by atoms with E-state index < -0.39 is 0 Å². The van der Waals surface area contributed by atoms with Gasteiger partial charge in [-0.2, -0.15) is 0 Å². The minimum atomic E-state index is 0.00623. The highest BCUT2D eigenvalue weighted by molar-refractivity contribution is 5.78. The number of benzene rings is 1. The molecule has 2 aromatic rings. The molecule has 2 aliphatic rings. The Morgan fingerprint density at radius 2 is 1.97 bits per heavy atom. The molecular weight excluding hydrogens is 440 g/mol. The number of carbonyl (C=O) groups is 1. The fraction of sp³-hybridized carbons (Fsp3) is 0.571. The Kier molecular flexibility index (Phi) is 8.63. The Balaban J connectivity index is 1.49. The Labute approximate surface area is 209 Å². The van der Waals surface area contributed by atoms with Crippen molar-refractivity contribution in [1.82, 2.24) is 20.1 Å². The van der Waals surface area contributed by atoms with Gasteiger partial charge in [-0.05, 0) is 68.9 Å². The van der Waals surface area contributed by atoms with Gasteiger partial charge >= 0.3 is 0 Å². The van der Waals surface area contributed by atoms with Crippen molar-refractivity contribution in [2.45, 2.75) is 59.0 Å². The predicted molar refractivity (Wildman–Crippen MR) is 138 cm³/mol. The van der Waals surface area contributed by atoms with Gasteiger partial charge in [0.15, 0.2) is 11.5 Å². The number of ether oxygens (including phenoxy) is 2. The molecule has 2 aliphatic heterocycles. The van der Waals surface area contributed by atoms with Crippen molar-refractivity contribution in [3.63, 3.8) is 0 Å². The first-order valence-electron chi connectivity index (χ1n) is 13.0. The molecule has 0 bridgehead atoms. The van der Waals surface area contributed by atoms with Crippen LogP contribution in [0.5, 0.6) is 17.4 Å². The smallest absolute Gasteiger partial charge is 0.234 e. The maximum atomic E-state index is 13.0. The summed E-state index contributed by atoms with van der Waals surface area (Å²) in [6.07, 6.45) is 6.09. The summed E-state index contributed by atoms with van der Waals surface area (Å²) in [7, 11) is 0. The number of para-hydroxylation sites is 2. The number of nitrogens with one attached hydrogen (secondary N) is 1. The Hall–Kier alpha value is -2.64. The van der Waals surface area contributed by atoms with Crippen LogP contribution in [-0.4, -0.2) is 66.1 Å². The lowest BCUT2D eigenvalue weighted by Crippen LogP contribution is -2.44. The second kappa shape index (κ2) is 11.9. The average Bonchev–Trinajstić information content (AvgIpc) is 3.30.